The number of aliphatic carboxylic acids is 1. The summed E-state index contributed by atoms with van der Waals surface area (Å²) in [4.78, 5) is 23.7. The predicted molar refractivity (Wildman–Crippen MR) is 64.5 cm³/mol. The number of nitrogens with zero attached hydrogens (tertiary/aromatic N) is 2. The molecule has 0 saturated carbocycles. The van der Waals surface area contributed by atoms with Gasteiger partial charge in [-0.25, -0.2) is 8.42 Å². The number of sulfonamides is 1. The third kappa shape index (κ3) is 4.26. The van der Waals surface area contributed by atoms with Gasteiger partial charge in [0.05, 0.1) is 18.7 Å². The van der Waals surface area contributed by atoms with Crippen molar-refractivity contribution in [3.8, 4) is 0 Å². The molecule has 104 valence electrons. The molecule has 0 atom stereocenters. The largest absolute Gasteiger partial charge is 0.481 e. The minimum atomic E-state index is -3.67. The van der Waals surface area contributed by atoms with E-state index >= 15 is 0 Å². The SMILES string of the molecule is CN(CC(=O)N1CCCC1)S(=O)(=O)CCC(=O)O. The Hall–Kier alpha value is -1.15. The van der Waals surface area contributed by atoms with Crippen LogP contribution in [-0.4, -0.2) is 67.0 Å². The van der Waals surface area contributed by atoms with Crippen LogP contribution in [-0.2, 0) is 19.6 Å². The smallest absolute Gasteiger partial charge is 0.304 e. The molecule has 0 aromatic rings. The zero-order valence-corrected chi connectivity index (χ0v) is 11.1. The summed E-state index contributed by atoms with van der Waals surface area (Å²) in [6, 6.07) is 0. The molecule has 0 aromatic heterocycles. The van der Waals surface area contributed by atoms with E-state index in [1.165, 1.54) is 7.05 Å². The highest BCUT2D eigenvalue weighted by Gasteiger charge is 2.25. The highest BCUT2D eigenvalue weighted by atomic mass is 32.2. The second-order valence-electron chi connectivity index (χ2n) is 4.30. The maximum Gasteiger partial charge on any atom is 0.304 e. The highest BCUT2D eigenvalue weighted by molar-refractivity contribution is 7.89. The van der Waals surface area contributed by atoms with Gasteiger partial charge in [0.25, 0.3) is 0 Å². The van der Waals surface area contributed by atoms with Gasteiger partial charge in [0, 0.05) is 20.1 Å². The Morgan fingerprint density at radius 1 is 1.28 bits per heavy atom. The van der Waals surface area contributed by atoms with Crippen molar-refractivity contribution in [2.24, 2.45) is 0 Å². The fourth-order valence-electron chi connectivity index (χ4n) is 1.73. The number of hydrogen-bond acceptors (Lipinski definition) is 4. The fraction of sp³-hybridized carbons (Fsp3) is 0.800. The van der Waals surface area contributed by atoms with Crippen molar-refractivity contribution < 1.29 is 23.1 Å². The topological polar surface area (TPSA) is 95.0 Å². The summed E-state index contributed by atoms with van der Waals surface area (Å²) in [6.07, 6.45) is 1.44. The van der Waals surface area contributed by atoms with Crippen LogP contribution in [0.5, 0.6) is 0 Å². The summed E-state index contributed by atoms with van der Waals surface area (Å²) in [7, 11) is -2.38. The van der Waals surface area contributed by atoms with Gasteiger partial charge in [0.15, 0.2) is 0 Å². The van der Waals surface area contributed by atoms with Crippen molar-refractivity contribution in [1.82, 2.24) is 9.21 Å². The van der Waals surface area contributed by atoms with E-state index in [4.69, 9.17) is 5.11 Å². The Labute approximate surface area is 106 Å². The Morgan fingerprint density at radius 3 is 2.33 bits per heavy atom. The van der Waals surface area contributed by atoms with Crippen molar-refractivity contribution in [2.75, 3.05) is 32.4 Å². The average Bonchev–Trinajstić information content (AvgIpc) is 2.79. The van der Waals surface area contributed by atoms with Crippen molar-refractivity contribution in [1.29, 1.82) is 0 Å². The molecule has 1 aliphatic rings. The van der Waals surface area contributed by atoms with Gasteiger partial charge >= 0.3 is 5.97 Å². The summed E-state index contributed by atoms with van der Waals surface area (Å²) in [5.74, 6) is -1.88. The van der Waals surface area contributed by atoms with E-state index in [9.17, 15) is 18.0 Å². The van der Waals surface area contributed by atoms with Gasteiger partial charge in [0.1, 0.15) is 0 Å². The zero-order chi connectivity index (χ0) is 13.8. The molecule has 0 radical (unpaired) electrons. The Balaban J connectivity index is 2.50. The number of carboxylic acids is 1. The molecule has 1 fully saturated rings. The van der Waals surface area contributed by atoms with Gasteiger partial charge in [-0.05, 0) is 12.8 Å². The van der Waals surface area contributed by atoms with Crippen LogP contribution in [0.4, 0.5) is 0 Å². The molecule has 1 N–H and O–H groups in total. The Morgan fingerprint density at radius 2 is 1.83 bits per heavy atom. The van der Waals surface area contributed by atoms with Crippen LogP contribution < -0.4 is 0 Å². The lowest BCUT2D eigenvalue weighted by molar-refractivity contribution is -0.136. The van der Waals surface area contributed by atoms with E-state index in [0.29, 0.717) is 13.1 Å². The molecule has 0 spiro atoms. The van der Waals surface area contributed by atoms with Gasteiger partial charge < -0.3 is 10.0 Å². The summed E-state index contributed by atoms with van der Waals surface area (Å²) in [5.41, 5.74) is 0. The van der Waals surface area contributed by atoms with Crippen molar-refractivity contribution in [3.63, 3.8) is 0 Å². The van der Waals surface area contributed by atoms with E-state index in [1.807, 2.05) is 0 Å². The molecule has 1 aliphatic heterocycles. The monoisotopic (exact) mass is 278 g/mol. The second kappa shape index (κ2) is 6.14. The van der Waals surface area contributed by atoms with Gasteiger partial charge in [-0.3, -0.25) is 9.59 Å². The third-order valence-electron chi connectivity index (χ3n) is 2.87. The van der Waals surface area contributed by atoms with Crippen LogP contribution in [0.15, 0.2) is 0 Å². The van der Waals surface area contributed by atoms with E-state index in [-0.39, 0.29) is 12.5 Å². The van der Waals surface area contributed by atoms with E-state index < -0.39 is 28.2 Å². The first-order valence-electron chi connectivity index (χ1n) is 5.76. The average molecular weight is 278 g/mol. The lowest BCUT2D eigenvalue weighted by atomic mass is 10.4. The van der Waals surface area contributed by atoms with Crippen LogP contribution >= 0.6 is 0 Å². The molecule has 1 heterocycles. The summed E-state index contributed by atoms with van der Waals surface area (Å²) in [5, 5.41) is 8.45. The maximum absolute atomic E-state index is 11.7. The quantitative estimate of drug-likeness (QED) is 0.696. The lowest BCUT2D eigenvalue weighted by Crippen LogP contribution is -2.40. The second-order valence-corrected chi connectivity index (χ2v) is 6.50. The molecule has 0 aliphatic carbocycles. The van der Waals surface area contributed by atoms with E-state index in [1.54, 1.807) is 4.90 Å². The number of amides is 1. The predicted octanol–water partition coefficient (Wildman–Crippen LogP) is -0.655. The summed E-state index contributed by atoms with van der Waals surface area (Å²) in [6.45, 7) is 1.12. The molecule has 0 unspecified atom stereocenters. The normalized spacial score (nSPS) is 16.2. The van der Waals surface area contributed by atoms with Gasteiger partial charge in [-0.15, -0.1) is 0 Å². The number of hydrogen-bond donors (Lipinski definition) is 1. The molecule has 18 heavy (non-hydrogen) atoms. The maximum atomic E-state index is 11.7. The van der Waals surface area contributed by atoms with Crippen LogP contribution in [0.2, 0.25) is 0 Å². The fourth-order valence-corrected chi connectivity index (χ4v) is 2.78. The van der Waals surface area contributed by atoms with Gasteiger partial charge in [-0.2, -0.15) is 4.31 Å². The van der Waals surface area contributed by atoms with Crippen LogP contribution in [0.3, 0.4) is 0 Å². The third-order valence-corrected chi connectivity index (χ3v) is 4.66. The van der Waals surface area contributed by atoms with E-state index in [2.05, 4.69) is 0 Å². The van der Waals surface area contributed by atoms with Crippen LogP contribution in [0.25, 0.3) is 0 Å². The number of carboxylic acid groups (broad SMARTS) is 1. The minimum Gasteiger partial charge on any atom is -0.481 e. The molecule has 0 aromatic carbocycles. The van der Waals surface area contributed by atoms with Crippen molar-refractivity contribution in [2.45, 2.75) is 19.3 Å². The highest BCUT2D eigenvalue weighted by Crippen LogP contribution is 2.09. The number of carbonyl (C=O) groups excluding carboxylic acids is 1. The van der Waals surface area contributed by atoms with Crippen molar-refractivity contribution in [3.05, 3.63) is 0 Å². The molecular formula is C10H18N2O5S. The number of carbonyl (C=O) groups is 2. The standard InChI is InChI=1S/C10H18N2O5S/c1-11(18(16,17)7-4-10(14)15)8-9(13)12-5-2-3-6-12/h2-8H2,1H3,(H,14,15). The summed E-state index contributed by atoms with van der Waals surface area (Å²) < 4.78 is 24.3. The molecule has 0 bridgehead atoms. The molecule has 8 heteroatoms. The number of rotatable bonds is 6. The number of likely N-dealkylation sites (N-methyl/N-ethyl adjacent to an activating group) is 1. The van der Waals surface area contributed by atoms with Crippen LogP contribution in [0.1, 0.15) is 19.3 Å². The Kier molecular flexibility index (Phi) is 5.09. The first-order chi connectivity index (χ1) is 8.33. The molecule has 1 saturated heterocycles. The first kappa shape index (κ1) is 14.9. The number of likely N-dealkylation sites (tertiary alicyclic amines) is 1. The first-order valence-corrected chi connectivity index (χ1v) is 7.37. The lowest BCUT2D eigenvalue weighted by Gasteiger charge is -2.20. The van der Waals surface area contributed by atoms with E-state index in [0.717, 1.165) is 17.1 Å². The zero-order valence-electron chi connectivity index (χ0n) is 10.3. The molecule has 1 rings (SSSR count). The molecule has 7 nitrogen and oxygen atoms in total. The van der Waals surface area contributed by atoms with Gasteiger partial charge in [-0.1, -0.05) is 0 Å². The molecule has 1 amide bonds. The van der Waals surface area contributed by atoms with Crippen molar-refractivity contribution >= 4 is 21.9 Å². The Bertz CT molecular complexity index is 414. The van der Waals surface area contributed by atoms with Crippen LogP contribution in [0, 0.1) is 0 Å². The minimum absolute atomic E-state index is 0.220. The van der Waals surface area contributed by atoms with Gasteiger partial charge in [0.2, 0.25) is 15.9 Å². The molecular weight excluding hydrogens is 260 g/mol. The summed E-state index contributed by atoms with van der Waals surface area (Å²) >= 11 is 0.